The van der Waals surface area contributed by atoms with Crippen molar-refractivity contribution in [3.8, 4) is 0 Å². The van der Waals surface area contributed by atoms with E-state index in [1.165, 1.54) is 173 Å². The Labute approximate surface area is 409 Å². The second-order valence-corrected chi connectivity index (χ2v) is 19.3. The lowest BCUT2D eigenvalue weighted by atomic mass is 10.0. The number of rotatable bonds is 52. The van der Waals surface area contributed by atoms with Gasteiger partial charge < -0.3 is 20.3 Å². The summed E-state index contributed by atoms with van der Waals surface area (Å²) in [5.41, 5.74) is 0. The highest BCUT2D eigenvalue weighted by Crippen LogP contribution is 2.15. The molecule has 0 radical (unpaired) electrons. The van der Waals surface area contributed by atoms with Crippen LogP contribution in [0.3, 0.4) is 0 Å². The highest BCUT2D eigenvalue weighted by Gasteiger charge is 2.18. The predicted molar refractivity (Wildman–Crippen MR) is 287 cm³/mol. The molecule has 66 heavy (non-hydrogen) atoms. The van der Waals surface area contributed by atoms with Gasteiger partial charge in [0, 0.05) is 12.8 Å². The second-order valence-electron chi connectivity index (χ2n) is 19.3. The number of carbonyl (C=O) groups is 2. The van der Waals surface area contributed by atoms with Crippen molar-refractivity contribution in [3.63, 3.8) is 0 Å². The highest BCUT2D eigenvalue weighted by molar-refractivity contribution is 5.76. The minimum atomic E-state index is -0.860. The van der Waals surface area contributed by atoms with Crippen LogP contribution < -0.4 is 5.32 Å². The fraction of sp³-hybridized carbons (Fsp3) is 0.800. The number of nitrogens with one attached hydrogen (secondary N) is 1. The molecule has 2 unspecified atom stereocenters. The van der Waals surface area contributed by atoms with Gasteiger partial charge in [-0.2, -0.15) is 0 Å². The van der Waals surface area contributed by atoms with Crippen LogP contribution >= 0.6 is 0 Å². The van der Waals surface area contributed by atoms with Crippen LogP contribution in [-0.2, 0) is 14.3 Å². The molecule has 0 aliphatic heterocycles. The summed E-state index contributed by atoms with van der Waals surface area (Å²) in [5, 5.41) is 23.1. The van der Waals surface area contributed by atoms with Gasteiger partial charge in [-0.05, 0) is 96.3 Å². The molecule has 2 atom stereocenters. The number of hydrogen-bond donors (Lipinski definition) is 3. The summed E-state index contributed by atoms with van der Waals surface area (Å²) < 4.78 is 5.46. The quantitative estimate of drug-likeness (QED) is 0.0244. The number of ether oxygens (including phenoxy) is 1. The molecule has 384 valence electrons. The van der Waals surface area contributed by atoms with E-state index in [4.69, 9.17) is 4.74 Å². The van der Waals surface area contributed by atoms with Gasteiger partial charge >= 0.3 is 5.97 Å². The number of unbranched alkanes of at least 4 members (excludes halogenated alkanes) is 34. The van der Waals surface area contributed by atoms with E-state index in [0.717, 1.165) is 83.5 Å². The summed E-state index contributed by atoms with van der Waals surface area (Å²) in [6.45, 7) is 4.82. The molecule has 0 aromatic carbocycles. The van der Waals surface area contributed by atoms with E-state index in [0.29, 0.717) is 19.4 Å². The van der Waals surface area contributed by atoms with Gasteiger partial charge in [0.2, 0.25) is 5.91 Å². The minimum Gasteiger partial charge on any atom is -0.466 e. The van der Waals surface area contributed by atoms with Gasteiger partial charge in [0.05, 0.1) is 25.4 Å². The molecular weight excluding hydrogens is 815 g/mol. The molecule has 6 heteroatoms. The number of allylic oxidation sites excluding steroid dienone is 9. The van der Waals surface area contributed by atoms with Crippen LogP contribution in [0.25, 0.3) is 0 Å². The Morgan fingerprint density at radius 3 is 1.27 bits per heavy atom. The van der Waals surface area contributed by atoms with E-state index in [2.05, 4.69) is 67.8 Å². The maximum Gasteiger partial charge on any atom is 0.305 e. The summed E-state index contributed by atoms with van der Waals surface area (Å²) in [6.07, 6.45) is 70.9. The Hall–Kier alpha value is -2.44. The van der Waals surface area contributed by atoms with Crippen LogP contribution in [-0.4, -0.2) is 47.4 Å². The van der Waals surface area contributed by atoms with E-state index in [1.807, 2.05) is 6.08 Å². The molecule has 0 aliphatic rings. The third-order valence-corrected chi connectivity index (χ3v) is 12.8. The van der Waals surface area contributed by atoms with Crippen molar-refractivity contribution < 1.29 is 24.5 Å². The maximum absolute atomic E-state index is 12.4. The molecule has 0 fully saturated rings. The summed E-state index contributed by atoms with van der Waals surface area (Å²) >= 11 is 0. The zero-order chi connectivity index (χ0) is 47.9. The van der Waals surface area contributed by atoms with Gasteiger partial charge in [-0.1, -0.05) is 235 Å². The van der Waals surface area contributed by atoms with Crippen molar-refractivity contribution in [2.45, 2.75) is 296 Å². The van der Waals surface area contributed by atoms with E-state index in [9.17, 15) is 19.8 Å². The fourth-order valence-corrected chi connectivity index (χ4v) is 8.36. The SMILES string of the molecule is CCCCC/C=C\C/C=C\CCCCCCCCCCCC(=O)OCCCCC/C=C\C=C/CCCCCCCCC(=O)NC(CO)C(O)/C=C/CCCCCCCCCCCCCCC. The highest BCUT2D eigenvalue weighted by atomic mass is 16.5. The van der Waals surface area contributed by atoms with Crippen LogP contribution in [0, 0.1) is 0 Å². The first-order chi connectivity index (χ1) is 32.5. The van der Waals surface area contributed by atoms with Gasteiger partial charge in [0.25, 0.3) is 0 Å². The molecular formula is C60H109NO5. The fourth-order valence-electron chi connectivity index (χ4n) is 8.36. The number of amides is 1. The Bertz CT molecular complexity index is 1160. The lowest BCUT2D eigenvalue weighted by Gasteiger charge is -2.20. The summed E-state index contributed by atoms with van der Waals surface area (Å²) in [5.74, 6) is -0.119. The molecule has 0 heterocycles. The van der Waals surface area contributed by atoms with Crippen molar-refractivity contribution in [2.24, 2.45) is 0 Å². The third-order valence-electron chi connectivity index (χ3n) is 12.8. The van der Waals surface area contributed by atoms with Crippen molar-refractivity contribution in [2.75, 3.05) is 13.2 Å². The number of hydrogen-bond acceptors (Lipinski definition) is 5. The first kappa shape index (κ1) is 63.6. The molecule has 0 aromatic heterocycles. The van der Waals surface area contributed by atoms with Crippen molar-refractivity contribution in [1.82, 2.24) is 5.32 Å². The van der Waals surface area contributed by atoms with Gasteiger partial charge in [0.1, 0.15) is 0 Å². The van der Waals surface area contributed by atoms with Crippen LogP contribution in [0.15, 0.2) is 60.8 Å². The van der Waals surface area contributed by atoms with Gasteiger partial charge in [0.15, 0.2) is 0 Å². The lowest BCUT2D eigenvalue weighted by Crippen LogP contribution is -2.45. The molecule has 0 aliphatic carbocycles. The maximum atomic E-state index is 12.4. The van der Waals surface area contributed by atoms with Gasteiger partial charge in [-0.3, -0.25) is 9.59 Å². The summed E-state index contributed by atoms with van der Waals surface area (Å²) in [7, 11) is 0. The van der Waals surface area contributed by atoms with E-state index >= 15 is 0 Å². The van der Waals surface area contributed by atoms with Crippen molar-refractivity contribution >= 4 is 11.9 Å². The molecule has 1 amide bonds. The second kappa shape index (κ2) is 55.2. The van der Waals surface area contributed by atoms with Crippen LogP contribution in [0.1, 0.15) is 284 Å². The Morgan fingerprint density at radius 2 is 0.803 bits per heavy atom. The Kier molecular flexibility index (Phi) is 53.1. The number of aliphatic hydroxyl groups is 2. The molecule has 0 spiro atoms. The normalized spacial score (nSPS) is 13.1. The van der Waals surface area contributed by atoms with E-state index in [1.54, 1.807) is 6.08 Å². The molecule has 3 N–H and O–H groups in total. The molecule has 0 rings (SSSR count). The zero-order valence-electron chi connectivity index (χ0n) is 43.7. The first-order valence-electron chi connectivity index (χ1n) is 28.6. The van der Waals surface area contributed by atoms with Gasteiger partial charge in [-0.25, -0.2) is 0 Å². The number of esters is 1. The minimum absolute atomic E-state index is 0.0274. The van der Waals surface area contributed by atoms with Crippen LogP contribution in [0.4, 0.5) is 0 Å². The monoisotopic (exact) mass is 924 g/mol. The molecule has 6 nitrogen and oxygen atoms in total. The number of carbonyl (C=O) groups excluding carboxylic acids is 2. The Morgan fingerprint density at radius 1 is 0.439 bits per heavy atom. The predicted octanol–water partition coefficient (Wildman–Crippen LogP) is 17.6. The summed E-state index contributed by atoms with van der Waals surface area (Å²) in [6, 6.07) is -0.646. The summed E-state index contributed by atoms with van der Waals surface area (Å²) in [4.78, 5) is 24.5. The van der Waals surface area contributed by atoms with Crippen LogP contribution in [0.5, 0.6) is 0 Å². The standard InChI is InChI=1S/C60H109NO5/c1-3-5-7-9-11-13-15-17-19-20-21-22-26-30-34-38-42-46-50-54-60(65)66-55-51-47-43-39-35-31-27-23-25-29-33-37-41-45-49-53-59(64)61-57(56-62)58(63)52-48-44-40-36-32-28-24-18-16-14-12-10-8-6-4-2/h11,13,17,19,23,27,31,35,48,52,57-58,62-63H,3-10,12,14-16,18,20-22,24-26,28-30,32-34,36-47,49-51,53-56H2,1-2H3,(H,61,64)/b13-11-,19-17-,27-23-,35-31-,52-48+. The van der Waals surface area contributed by atoms with Gasteiger partial charge in [-0.15, -0.1) is 0 Å². The van der Waals surface area contributed by atoms with Crippen LogP contribution in [0.2, 0.25) is 0 Å². The molecule has 0 bridgehead atoms. The van der Waals surface area contributed by atoms with Crippen molar-refractivity contribution in [1.29, 1.82) is 0 Å². The zero-order valence-corrected chi connectivity index (χ0v) is 43.7. The number of aliphatic hydroxyl groups excluding tert-OH is 2. The lowest BCUT2D eigenvalue weighted by molar-refractivity contribution is -0.143. The average molecular weight is 925 g/mol. The Balaban J connectivity index is 3.54. The van der Waals surface area contributed by atoms with E-state index < -0.39 is 12.1 Å². The molecule has 0 saturated carbocycles. The largest absolute Gasteiger partial charge is 0.466 e. The average Bonchev–Trinajstić information content (AvgIpc) is 3.32. The first-order valence-corrected chi connectivity index (χ1v) is 28.6. The molecule has 0 aromatic rings. The third kappa shape index (κ3) is 51.0. The topological polar surface area (TPSA) is 95.9 Å². The van der Waals surface area contributed by atoms with Crippen molar-refractivity contribution in [3.05, 3.63) is 60.8 Å². The van der Waals surface area contributed by atoms with E-state index in [-0.39, 0.29) is 18.5 Å². The smallest absolute Gasteiger partial charge is 0.305 e. The molecule has 0 saturated heterocycles.